The van der Waals surface area contributed by atoms with E-state index in [0.29, 0.717) is 0 Å². The van der Waals surface area contributed by atoms with Gasteiger partial charge < -0.3 is 9.32 Å². The first-order valence-corrected chi connectivity index (χ1v) is 20.5. The molecule has 0 radical (unpaired) electrons. The molecule has 0 amide bonds. The number of nitrogens with zero attached hydrogens (tertiary/aromatic N) is 1. The molecule has 2 heteroatoms. The molecule has 0 atom stereocenters. The molecule has 0 saturated carbocycles. The fourth-order valence-corrected chi connectivity index (χ4v) is 8.78. The molecule has 0 unspecified atom stereocenters. The number of benzene rings is 10. The highest BCUT2D eigenvalue weighted by Crippen LogP contribution is 2.46. The van der Waals surface area contributed by atoms with Crippen LogP contribution in [0, 0.1) is 0 Å². The molecule has 0 bridgehead atoms. The lowest BCUT2D eigenvalue weighted by Gasteiger charge is -2.29. The second-order valence-electron chi connectivity index (χ2n) is 15.3. The second kappa shape index (κ2) is 15.1. The Balaban J connectivity index is 1.08. The van der Waals surface area contributed by atoms with Crippen molar-refractivity contribution in [2.45, 2.75) is 0 Å². The van der Waals surface area contributed by atoms with E-state index in [1.54, 1.807) is 0 Å². The largest absolute Gasteiger partial charge is 0.455 e. The Morgan fingerprint density at radius 1 is 0.283 bits per heavy atom. The van der Waals surface area contributed by atoms with Gasteiger partial charge in [-0.25, -0.2) is 0 Å². The first kappa shape index (κ1) is 35.2. The summed E-state index contributed by atoms with van der Waals surface area (Å²) in [6.07, 6.45) is 0. The smallest absolute Gasteiger partial charge is 0.143 e. The summed E-state index contributed by atoms with van der Waals surface area (Å²) >= 11 is 0. The van der Waals surface area contributed by atoms with E-state index in [1.165, 1.54) is 33.0 Å². The standard InChI is InChI=1S/C58H39NO/c1-4-16-40(17-5-1)46-33-37-56(53(38-46)44-20-8-3-9-21-44)59(55-28-14-23-43-22-10-11-24-49(43)55)47-34-30-41(31-35-47)45-32-36-48(42-18-6-2-7-19-42)54(39-45)52-27-15-26-51-50-25-12-13-29-57(50)60-58(51)52/h1-39H. The molecule has 1 aromatic heterocycles. The van der Waals surface area contributed by atoms with Crippen molar-refractivity contribution in [1.29, 1.82) is 0 Å². The zero-order valence-corrected chi connectivity index (χ0v) is 32.9. The topological polar surface area (TPSA) is 16.4 Å². The SMILES string of the molecule is c1ccc(-c2ccc(N(c3ccc(-c4ccc(-c5ccccc5)c(-c5cccc6c5oc5ccccc56)c4)cc3)c3cccc4ccccc34)c(-c3ccccc3)c2)cc1. The third-order valence-electron chi connectivity index (χ3n) is 11.7. The highest BCUT2D eigenvalue weighted by atomic mass is 16.3. The molecule has 60 heavy (non-hydrogen) atoms. The summed E-state index contributed by atoms with van der Waals surface area (Å²) in [6.45, 7) is 0. The number of hydrogen-bond acceptors (Lipinski definition) is 2. The van der Waals surface area contributed by atoms with Gasteiger partial charge >= 0.3 is 0 Å². The van der Waals surface area contributed by atoms with Crippen molar-refractivity contribution >= 4 is 49.8 Å². The lowest BCUT2D eigenvalue weighted by atomic mass is 9.90. The molecule has 0 fully saturated rings. The van der Waals surface area contributed by atoms with Crippen LogP contribution < -0.4 is 4.90 Å². The van der Waals surface area contributed by atoms with Crippen LogP contribution in [0.15, 0.2) is 241 Å². The molecule has 0 spiro atoms. The van der Waals surface area contributed by atoms with E-state index in [4.69, 9.17) is 4.42 Å². The molecular weight excluding hydrogens is 727 g/mol. The fourth-order valence-electron chi connectivity index (χ4n) is 8.78. The minimum atomic E-state index is 0.897. The summed E-state index contributed by atoms with van der Waals surface area (Å²) in [5, 5.41) is 4.64. The lowest BCUT2D eigenvalue weighted by molar-refractivity contribution is 0.670. The van der Waals surface area contributed by atoms with E-state index in [2.05, 4.69) is 235 Å². The van der Waals surface area contributed by atoms with Gasteiger partial charge in [-0.15, -0.1) is 0 Å². The quantitative estimate of drug-likeness (QED) is 0.153. The first-order chi connectivity index (χ1) is 29.8. The van der Waals surface area contributed by atoms with Crippen molar-refractivity contribution in [2.24, 2.45) is 0 Å². The van der Waals surface area contributed by atoms with Crippen LogP contribution in [0.5, 0.6) is 0 Å². The summed E-state index contributed by atoms with van der Waals surface area (Å²) < 4.78 is 6.60. The van der Waals surface area contributed by atoms with Crippen LogP contribution in [-0.2, 0) is 0 Å². The maximum absolute atomic E-state index is 6.60. The average Bonchev–Trinajstić information content (AvgIpc) is 3.72. The molecular formula is C58H39NO. The minimum absolute atomic E-state index is 0.897. The van der Waals surface area contributed by atoms with Crippen molar-refractivity contribution in [3.05, 3.63) is 237 Å². The summed E-state index contributed by atoms with van der Waals surface area (Å²) in [4.78, 5) is 2.43. The fraction of sp³-hybridized carbons (Fsp3) is 0. The van der Waals surface area contributed by atoms with E-state index < -0.39 is 0 Å². The maximum Gasteiger partial charge on any atom is 0.143 e. The van der Waals surface area contributed by atoms with Gasteiger partial charge in [0.15, 0.2) is 0 Å². The van der Waals surface area contributed by atoms with Crippen molar-refractivity contribution in [2.75, 3.05) is 4.90 Å². The summed E-state index contributed by atoms with van der Waals surface area (Å²) in [6, 6.07) is 84.9. The molecule has 11 aromatic rings. The predicted octanol–water partition coefficient (Wildman–Crippen LogP) is 16.5. The molecule has 0 aliphatic rings. The van der Waals surface area contributed by atoms with Gasteiger partial charge in [0, 0.05) is 33.0 Å². The number of rotatable bonds is 8. The van der Waals surface area contributed by atoms with Crippen LogP contribution in [0.2, 0.25) is 0 Å². The Labute approximate surface area is 349 Å². The Morgan fingerprint density at radius 2 is 0.817 bits per heavy atom. The van der Waals surface area contributed by atoms with Crippen LogP contribution in [0.25, 0.3) is 88.3 Å². The molecule has 0 aliphatic carbocycles. The van der Waals surface area contributed by atoms with Gasteiger partial charge in [0.25, 0.3) is 0 Å². The van der Waals surface area contributed by atoms with E-state index in [1.807, 2.05) is 6.07 Å². The highest BCUT2D eigenvalue weighted by molar-refractivity contribution is 6.11. The van der Waals surface area contributed by atoms with E-state index >= 15 is 0 Å². The second-order valence-corrected chi connectivity index (χ2v) is 15.3. The normalized spacial score (nSPS) is 11.3. The van der Waals surface area contributed by atoms with Gasteiger partial charge in [0.1, 0.15) is 11.2 Å². The summed E-state index contributed by atoms with van der Waals surface area (Å²) in [7, 11) is 0. The van der Waals surface area contributed by atoms with Gasteiger partial charge in [0.2, 0.25) is 0 Å². The monoisotopic (exact) mass is 765 g/mol. The van der Waals surface area contributed by atoms with Crippen LogP contribution >= 0.6 is 0 Å². The molecule has 10 aromatic carbocycles. The van der Waals surface area contributed by atoms with Crippen molar-refractivity contribution < 1.29 is 4.42 Å². The Morgan fingerprint density at radius 3 is 1.57 bits per heavy atom. The Hall–Kier alpha value is -7.94. The summed E-state index contributed by atoms with van der Waals surface area (Å²) in [5.41, 5.74) is 16.6. The van der Waals surface area contributed by atoms with Gasteiger partial charge in [0.05, 0.1) is 11.4 Å². The first-order valence-electron chi connectivity index (χ1n) is 20.5. The van der Waals surface area contributed by atoms with E-state index in [-0.39, 0.29) is 0 Å². The summed E-state index contributed by atoms with van der Waals surface area (Å²) in [5.74, 6) is 0. The van der Waals surface area contributed by atoms with Gasteiger partial charge in [-0.05, 0) is 92.4 Å². The van der Waals surface area contributed by atoms with Gasteiger partial charge in [-0.2, -0.15) is 0 Å². The van der Waals surface area contributed by atoms with Crippen LogP contribution in [0.1, 0.15) is 0 Å². The zero-order chi connectivity index (χ0) is 39.8. The number of hydrogen-bond donors (Lipinski definition) is 0. The highest BCUT2D eigenvalue weighted by Gasteiger charge is 2.21. The molecule has 282 valence electrons. The van der Waals surface area contributed by atoms with Gasteiger partial charge in [-0.3, -0.25) is 0 Å². The number of para-hydroxylation sites is 2. The van der Waals surface area contributed by atoms with E-state index in [0.717, 1.165) is 72.4 Å². The maximum atomic E-state index is 6.60. The van der Waals surface area contributed by atoms with Crippen molar-refractivity contribution in [1.82, 2.24) is 0 Å². The third kappa shape index (κ3) is 6.32. The lowest BCUT2D eigenvalue weighted by Crippen LogP contribution is -2.12. The van der Waals surface area contributed by atoms with Crippen LogP contribution in [0.4, 0.5) is 17.1 Å². The third-order valence-corrected chi connectivity index (χ3v) is 11.7. The predicted molar refractivity (Wildman–Crippen MR) is 253 cm³/mol. The molecule has 1 heterocycles. The molecule has 11 rings (SSSR count). The molecule has 0 N–H and O–H groups in total. The van der Waals surface area contributed by atoms with E-state index in [9.17, 15) is 0 Å². The van der Waals surface area contributed by atoms with Crippen molar-refractivity contribution in [3.8, 4) is 55.6 Å². The number of anilines is 3. The minimum Gasteiger partial charge on any atom is -0.455 e. The van der Waals surface area contributed by atoms with Crippen molar-refractivity contribution in [3.63, 3.8) is 0 Å². The molecule has 0 saturated heterocycles. The average molecular weight is 766 g/mol. The molecule has 2 nitrogen and oxygen atoms in total. The Bertz CT molecular complexity index is 3290. The number of furan rings is 1. The Kier molecular flexibility index (Phi) is 8.87. The molecule has 0 aliphatic heterocycles. The van der Waals surface area contributed by atoms with Gasteiger partial charge in [-0.1, -0.05) is 194 Å². The van der Waals surface area contributed by atoms with Crippen LogP contribution in [0.3, 0.4) is 0 Å². The number of fused-ring (bicyclic) bond motifs is 4. The van der Waals surface area contributed by atoms with Crippen LogP contribution in [-0.4, -0.2) is 0 Å². The zero-order valence-electron chi connectivity index (χ0n) is 32.9.